The first-order valence-corrected chi connectivity index (χ1v) is 17.1. The van der Waals surface area contributed by atoms with E-state index in [1.54, 1.807) is 48.2 Å². The van der Waals surface area contributed by atoms with Crippen LogP contribution in [0, 0.1) is 0 Å². The number of carboxylic acid groups (broad SMARTS) is 1. The Morgan fingerprint density at radius 1 is 0.951 bits per heavy atom. The van der Waals surface area contributed by atoms with Gasteiger partial charge in [0.2, 0.25) is 10.2 Å². The zero-order chi connectivity index (χ0) is 28.8. The fourth-order valence-corrected chi connectivity index (χ4v) is 9.22. The van der Waals surface area contributed by atoms with Gasteiger partial charge in [-0.25, -0.2) is 18.2 Å². The molecule has 1 heterocycles. The highest BCUT2D eigenvalue weighted by Gasteiger charge is 2.31. The molecular weight excluding hydrogens is 583 g/mol. The van der Waals surface area contributed by atoms with Crippen molar-refractivity contribution < 1.29 is 27.9 Å². The van der Waals surface area contributed by atoms with Gasteiger partial charge in [-0.2, -0.15) is 0 Å². The summed E-state index contributed by atoms with van der Waals surface area (Å²) >= 11 is 2.82. The van der Waals surface area contributed by atoms with Crippen molar-refractivity contribution in [3.8, 4) is 10.8 Å². The Morgan fingerprint density at radius 3 is 2.27 bits per heavy atom. The standard InChI is InChI=1S/C29H33N3O6S3/c33-27(31-32-29-30-18-25(40-29)38-21-14-10-20(11-15-21)28(34)35)26(39-22-6-2-1-3-7-22)19-12-16-24(17-13-19)41(36,37)23-8-4-5-9-23/h10-18,22-23,26H,1-9H2,(H,30,32)(H,31,33)(H,34,35). The Bertz CT molecular complexity index is 1450. The van der Waals surface area contributed by atoms with Crippen LogP contribution in [0.2, 0.25) is 0 Å². The number of rotatable bonds is 11. The number of ether oxygens (including phenoxy) is 1. The van der Waals surface area contributed by atoms with E-state index in [1.807, 2.05) is 0 Å². The molecule has 3 aromatic rings. The van der Waals surface area contributed by atoms with E-state index in [2.05, 4.69) is 15.8 Å². The van der Waals surface area contributed by atoms with Crippen molar-refractivity contribution in [2.24, 2.45) is 0 Å². The maximum absolute atomic E-state index is 13.5. The number of aromatic carboxylic acids is 1. The summed E-state index contributed by atoms with van der Waals surface area (Å²) in [6.45, 7) is 0. The number of nitrogens with one attached hydrogen (secondary N) is 2. The predicted octanol–water partition coefficient (Wildman–Crippen LogP) is 6.60. The number of thioether (sulfide) groups is 1. The first-order chi connectivity index (χ1) is 19.8. The molecule has 0 bridgehead atoms. The van der Waals surface area contributed by atoms with Crippen molar-refractivity contribution in [1.29, 1.82) is 0 Å². The molecule has 0 saturated heterocycles. The second kappa shape index (κ2) is 13.3. The third-order valence-electron chi connectivity index (χ3n) is 7.47. The molecule has 2 saturated carbocycles. The lowest BCUT2D eigenvalue weighted by molar-refractivity contribution is -0.120. The molecule has 1 atom stereocenters. The number of amides is 1. The molecular formula is C29H33N3O6S3. The minimum absolute atomic E-state index is 0.164. The maximum Gasteiger partial charge on any atom is 0.335 e. The van der Waals surface area contributed by atoms with Crippen LogP contribution >= 0.6 is 23.1 Å². The molecule has 2 aliphatic rings. The van der Waals surface area contributed by atoms with Crippen molar-refractivity contribution in [2.45, 2.75) is 78.4 Å². The Labute approximate surface area is 248 Å². The number of hydrazine groups is 1. The zero-order valence-corrected chi connectivity index (χ0v) is 24.9. The van der Waals surface area contributed by atoms with Crippen LogP contribution in [0.25, 0.3) is 0 Å². The molecule has 0 radical (unpaired) electrons. The molecule has 1 unspecified atom stereocenters. The van der Waals surface area contributed by atoms with E-state index in [0.29, 0.717) is 38.9 Å². The third-order valence-corrected chi connectivity index (χ3v) is 12.2. The molecule has 218 valence electrons. The molecule has 0 spiro atoms. The van der Waals surface area contributed by atoms with Crippen LogP contribution in [0.5, 0.6) is 10.8 Å². The number of aromatic nitrogens is 1. The monoisotopic (exact) mass is 615 g/mol. The molecule has 2 aromatic carbocycles. The molecule has 12 heteroatoms. The highest BCUT2D eigenvalue weighted by Crippen LogP contribution is 2.40. The number of sulfone groups is 1. The van der Waals surface area contributed by atoms with E-state index in [4.69, 9.17) is 9.84 Å². The summed E-state index contributed by atoms with van der Waals surface area (Å²) in [5.41, 5.74) is 6.58. The number of carbonyl (C=O) groups excluding carboxylic acids is 1. The smallest absolute Gasteiger partial charge is 0.335 e. The van der Waals surface area contributed by atoms with Crippen molar-refractivity contribution in [3.05, 3.63) is 65.9 Å². The number of benzene rings is 2. The number of carbonyl (C=O) groups is 2. The van der Waals surface area contributed by atoms with Crippen molar-refractivity contribution >= 4 is 49.9 Å². The first kappa shape index (κ1) is 29.4. The Kier molecular flexibility index (Phi) is 9.51. The van der Waals surface area contributed by atoms with Gasteiger partial charge >= 0.3 is 5.97 Å². The van der Waals surface area contributed by atoms with Crippen LogP contribution in [0.4, 0.5) is 5.13 Å². The second-order valence-electron chi connectivity index (χ2n) is 10.3. The molecule has 1 amide bonds. The van der Waals surface area contributed by atoms with E-state index in [-0.39, 0.29) is 16.7 Å². The van der Waals surface area contributed by atoms with E-state index >= 15 is 0 Å². The summed E-state index contributed by atoms with van der Waals surface area (Å²) in [6, 6.07) is 12.9. The normalized spacial score (nSPS) is 17.2. The summed E-state index contributed by atoms with van der Waals surface area (Å²) in [6.07, 6.45) is 10.4. The second-order valence-corrected chi connectivity index (χ2v) is 15.0. The third kappa shape index (κ3) is 7.41. The van der Waals surface area contributed by atoms with Crippen LogP contribution in [0.15, 0.2) is 59.6 Å². The van der Waals surface area contributed by atoms with Crippen LogP contribution < -0.4 is 15.6 Å². The van der Waals surface area contributed by atoms with Gasteiger partial charge in [-0.1, -0.05) is 55.6 Å². The topological polar surface area (TPSA) is 135 Å². The maximum atomic E-state index is 13.5. The van der Waals surface area contributed by atoms with Crippen LogP contribution in [0.1, 0.15) is 79.0 Å². The van der Waals surface area contributed by atoms with Gasteiger partial charge in [-0.15, -0.1) is 11.8 Å². The minimum Gasteiger partial charge on any atom is -0.478 e. The lowest BCUT2D eigenvalue weighted by Gasteiger charge is -2.26. The molecule has 2 fully saturated rings. The fourth-order valence-electron chi connectivity index (χ4n) is 5.24. The van der Waals surface area contributed by atoms with Gasteiger partial charge in [0, 0.05) is 5.25 Å². The fraction of sp³-hybridized carbons (Fsp3) is 0.414. The van der Waals surface area contributed by atoms with Gasteiger partial charge in [0.25, 0.3) is 5.91 Å². The number of nitrogens with zero attached hydrogens (tertiary/aromatic N) is 1. The number of thiazole rings is 1. The quantitative estimate of drug-likeness (QED) is 0.204. The Balaban J connectivity index is 1.25. The van der Waals surface area contributed by atoms with Crippen molar-refractivity contribution in [1.82, 2.24) is 10.4 Å². The van der Waals surface area contributed by atoms with Gasteiger partial charge in [-0.05, 0) is 67.6 Å². The van der Waals surface area contributed by atoms with E-state index in [9.17, 15) is 18.0 Å². The van der Waals surface area contributed by atoms with E-state index in [0.717, 1.165) is 44.1 Å². The van der Waals surface area contributed by atoms with Crippen molar-refractivity contribution in [2.75, 3.05) is 5.43 Å². The summed E-state index contributed by atoms with van der Waals surface area (Å²) in [5, 5.41) is 9.46. The number of anilines is 1. The van der Waals surface area contributed by atoms with Crippen LogP contribution in [-0.2, 0) is 14.6 Å². The minimum atomic E-state index is -3.37. The zero-order valence-electron chi connectivity index (χ0n) is 22.5. The predicted molar refractivity (Wildman–Crippen MR) is 160 cm³/mol. The SMILES string of the molecule is O=C(O)c1ccc(Oc2cnc(NNC(=O)C(SC3CCCCC3)c3ccc(S(=O)(=O)C4CCCC4)cc3)s2)cc1. The van der Waals surface area contributed by atoms with Gasteiger partial charge < -0.3 is 9.84 Å². The summed E-state index contributed by atoms with van der Waals surface area (Å²) < 4.78 is 31.9. The summed E-state index contributed by atoms with van der Waals surface area (Å²) in [5.74, 6) is -0.785. The lowest BCUT2D eigenvalue weighted by Crippen LogP contribution is -2.33. The average Bonchev–Trinajstić information content (AvgIpc) is 3.69. The molecule has 5 rings (SSSR count). The van der Waals surface area contributed by atoms with Gasteiger partial charge in [0.1, 0.15) is 11.0 Å². The highest BCUT2D eigenvalue weighted by atomic mass is 32.2. The highest BCUT2D eigenvalue weighted by molar-refractivity contribution is 8.00. The average molecular weight is 616 g/mol. The Hall–Kier alpha value is -3.09. The number of hydrogen-bond acceptors (Lipinski definition) is 9. The molecule has 1 aromatic heterocycles. The molecule has 3 N–H and O–H groups in total. The van der Waals surface area contributed by atoms with Gasteiger partial charge in [0.05, 0.1) is 21.9 Å². The molecule has 0 aliphatic heterocycles. The number of hydrogen-bond donors (Lipinski definition) is 3. The van der Waals surface area contributed by atoms with Crippen LogP contribution in [-0.4, -0.2) is 40.9 Å². The summed E-state index contributed by atoms with van der Waals surface area (Å²) in [4.78, 5) is 29.1. The van der Waals surface area contributed by atoms with E-state index in [1.165, 1.54) is 36.1 Å². The Morgan fingerprint density at radius 2 is 1.61 bits per heavy atom. The number of carboxylic acids is 1. The van der Waals surface area contributed by atoms with Crippen LogP contribution in [0.3, 0.4) is 0 Å². The van der Waals surface area contributed by atoms with Gasteiger partial charge in [-0.3, -0.25) is 15.6 Å². The van der Waals surface area contributed by atoms with Crippen molar-refractivity contribution in [3.63, 3.8) is 0 Å². The lowest BCUT2D eigenvalue weighted by atomic mass is 10.0. The molecule has 41 heavy (non-hydrogen) atoms. The summed E-state index contributed by atoms with van der Waals surface area (Å²) in [7, 11) is -3.37. The van der Waals surface area contributed by atoms with Gasteiger partial charge in [0.15, 0.2) is 9.84 Å². The molecule has 2 aliphatic carbocycles. The largest absolute Gasteiger partial charge is 0.478 e. The first-order valence-electron chi connectivity index (χ1n) is 13.8. The van der Waals surface area contributed by atoms with E-state index < -0.39 is 21.1 Å². The molecule has 9 nitrogen and oxygen atoms in total.